The Balaban J connectivity index is 1.90. The molecule has 3 atom stereocenters. The molecule has 2 aliphatic heterocycles. The van der Waals surface area contributed by atoms with E-state index >= 15 is 0 Å². The highest BCUT2D eigenvalue weighted by molar-refractivity contribution is 6.06. The van der Waals surface area contributed by atoms with Gasteiger partial charge in [-0.05, 0) is 30.8 Å². The van der Waals surface area contributed by atoms with E-state index in [0.717, 1.165) is 0 Å². The minimum Gasteiger partial charge on any atom is -0.493 e. The number of amides is 1. The number of carbonyl (C=O) groups is 1. The molecule has 1 fully saturated rings. The number of carbonyl (C=O) groups excluding carboxylic acids is 1. The highest BCUT2D eigenvalue weighted by Gasteiger charge is 2.68. The summed E-state index contributed by atoms with van der Waals surface area (Å²) in [7, 11) is 6.23. The molecule has 1 N–H and O–H groups in total. The van der Waals surface area contributed by atoms with Gasteiger partial charge in [-0.3, -0.25) is 19.8 Å². The van der Waals surface area contributed by atoms with E-state index in [1.54, 1.807) is 48.3 Å². The molecule has 0 radical (unpaired) electrons. The number of nitrogens with zero attached hydrogens (tertiary/aromatic N) is 2. The maximum atomic E-state index is 13.2. The average Bonchev–Trinajstić information content (AvgIpc) is 3.22. The first kappa shape index (κ1) is 20.0. The van der Waals surface area contributed by atoms with Crippen molar-refractivity contribution in [1.82, 2.24) is 4.90 Å². The van der Waals surface area contributed by atoms with Gasteiger partial charge < -0.3 is 19.5 Å². The zero-order valence-corrected chi connectivity index (χ0v) is 17.2. The summed E-state index contributed by atoms with van der Waals surface area (Å²) in [6.45, 7) is 0.312. The summed E-state index contributed by atoms with van der Waals surface area (Å²) in [5, 5.41) is 15.2. The molecule has 0 bridgehead atoms. The van der Waals surface area contributed by atoms with Gasteiger partial charge >= 0.3 is 0 Å². The van der Waals surface area contributed by atoms with Crippen LogP contribution in [0.2, 0.25) is 0 Å². The maximum Gasteiger partial charge on any atom is 0.256 e. The number of nitrogens with one attached hydrogen (secondary N) is 1. The van der Waals surface area contributed by atoms with Crippen LogP contribution in [0.15, 0.2) is 36.4 Å². The molecule has 1 amide bonds. The molecular formula is C21H23N3O6. The zero-order chi connectivity index (χ0) is 21.6. The Bertz CT molecular complexity index is 1000. The van der Waals surface area contributed by atoms with Crippen molar-refractivity contribution >= 4 is 11.6 Å². The number of hydrogen-bond donors (Lipinski definition) is 1. The fourth-order valence-electron chi connectivity index (χ4n) is 4.90. The molecule has 0 saturated carbocycles. The van der Waals surface area contributed by atoms with Gasteiger partial charge in [0.2, 0.25) is 5.75 Å². The Morgan fingerprint density at radius 1 is 1.13 bits per heavy atom. The van der Waals surface area contributed by atoms with E-state index in [1.807, 2.05) is 0 Å². The predicted molar refractivity (Wildman–Crippen MR) is 109 cm³/mol. The third kappa shape index (κ3) is 2.55. The topological polar surface area (TPSA) is 103 Å². The molecule has 30 heavy (non-hydrogen) atoms. The lowest BCUT2D eigenvalue weighted by Crippen LogP contribution is -2.54. The Morgan fingerprint density at radius 3 is 2.33 bits per heavy atom. The molecule has 9 heteroatoms. The third-order valence-electron chi connectivity index (χ3n) is 6.16. The van der Waals surface area contributed by atoms with E-state index in [2.05, 4.69) is 5.32 Å². The van der Waals surface area contributed by atoms with E-state index in [9.17, 15) is 14.9 Å². The second-order valence-electron chi connectivity index (χ2n) is 7.44. The van der Waals surface area contributed by atoms with Crippen LogP contribution in [0.1, 0.15) is 17.0 Å². The van der Waals surface area contributed by atoms with Crippen LogP contribution in [-0.4, -0.2) is 56.7 Å². The molecule has 4 rings (SSSR count). The number of para-hydroxylation sites is 1. The fraction of sp³-hybridized carbons (Fsp3) is 0.381. The lowest BCUT2D eigenvalue weighted by Gasteiger charge is -2.30. The van der Waals surface area contributed by atoms with Crippen LogP contribution >= 0.6 is 0 Å². The van der Waals surface area contributed by atoms with Crippen molar-refractivity contribution < 1.29 is 23.9 Å². The van der Waals surface area contributed by atoms with Crippen LogP contribution in [0.3, 0.4) is 0 Å². The van der Waals surface area contributed by atoms with Crippen molar-refractivity contribution in [1.29, 1.82) is 0 Å². The number of methoxy groups -OCH3 is 3. The fourth-order valence-corrected chi connectivity index (χ4v) is 4.90. The number of benzene rings is 2. The van der Waals surface area contributed by atoms with E-state index in [-0.39, 0.29) is 10.8 Å². The predicted octanol–water partition coefficient (Wildman–Crippen LogP) is 2.23. The van der Waals surface area contributed by atoms with Crippen molar-refractivity contribution in [3.63, 3.8) is 0 Å². The average molecular weight is 413 g/mol. The minimum atomic E-state index is -1.40. The number of nitro groups is 1. The maximum absolute atomic E-state index is 13.2. The van der Waals surface area contributed by atoms with Gasteiger partial charge in [-0.1, -0.05) is 18.2 Å². The van der Waals surface area contributed by atoms with E-state index in [4.69, 9.17) is 14.2 Å². The third-order valence-corrected chi connectivity index (χ3v) is 6.16. The molecular weight excluding hydrogens is 390 g/mol. The molecule has 9 nitrogen and oxygen atoms in total. The molecule has 1 spiro atoms. The molecule has 0 unspecified atom stereocenters. The summed E-state index contributed by atoms with van der Waals surface area (Å²) in [5.41, 5.74) is 0.471. The van der Waals surface area contributed by atoms with Gasteiger partial charge in [0.15, 0.2) is 17.0 Å². The van der Waals surface area contributed by atoms with Crippen molar-refractivity contribution in [3.8, 4) is 17.2 Å². The Hall–Kier alpha value is -3.33. The largest absolute Gasteiger partial charge is 0.493 e. The molecule has 2 aromatic rings. The number of likely N-dealkylation sites (tertiary alicyclic amines) is 1. The number of fused-ring (bicyclic) bond motifs is 2. The van der Waals surface area contributed by atoms with Gasteiger partial charge in [-0.25, -0.2) is 0 Å². The van der Waals surface area contributed by atoms with Crippen LogP contribution in [0.25, 0.3) is 0 Å². The highest BCUT2D eigenvalue weighted by Crippen LogP contribution is 2.53. The van der Waals surface area contributed by atoms with E-state index in [0.29, 0.717) is 40.6 Å². The first-order chi connectivity index (χ1) is 14.4. The van der Waals surface area contributed by atoms with Crippen LogP contribution in [0, 0.1) is 10.1 Å². The normalized spacial score (nSPS) is 25.1. The van der Waals surface area contributed by atoms with Crippen molar-refractivity contribution in [2.24, 2.45) is 0 Å². The first-order valence-electron chi connectivity index (χ1n) is 9.45. The molecule has 2 heterocycles. The van der Waals surface area contributed by atoms with Crippen LogP contribution in [-0.2, 0) is 10.3 Å². The van der Waals surface area contributed by atoms with Gasteiger partial charge in [0.05, 0.1) is 27.2 Å². The van der Waals surface area contributed by atoms with Crippen molar-refractivity contribution in [3.05, 3.63) is 57.6 Å². The van der Waals surface area contributed by atoms with Crippen molar-refractivity contribution in [2.75, 3.05) is 40.2 Å². The van der Waals surface area contributed by atoms with Gasteiger partial charge in [-0.2, -0.15) is 0 Å². The molecule has 158 valence electrons. The highest BCUT2D eigenvalue weighted by atomic mass is 16.6. The summed E-state index contributed by atoms with van der Waals surface area (Å²) < 4.78 is 16.2. The zero-order valence-electron chi connectivity index (χ0n) is 17.2. The lowest BCUT2D eigenvalue weighted by atomic mass is 9.79. The number of anilines is 1. The SMILES string of the molecule is COc1cc([C@@H]2CN(C)[C@]3(C(=O)Nc4ccccc43)[C@@H]2[N+](=O)[O-])cc(OC)c1OC. The summed E-state index contributed by atoms with van der Waals surface area (Å²) in [5.74, 6) is 0.271. The monoisotopic (exact) mass is 413 g/mol. The molecule has 0 aliphatic carbocycles. The van der Waals surface area contributed by atoms with Gasteiger partial charge in [0, 0.05) is 22.7 Å². The molecule has 2 aliphatic rings. The van der Waals surface area contributed by atoms with Gasteiger partial charge in [-0.15, -0.1) is 0 Å². The molecule has 0 aromatic heterocycles. The molecule has 1 saturated heterocycles. The van der Waals surface area contributed by atoms with Gasteiger partial charge in [0.25, 0.3) is 11.9 Å². The summed E-state index contributed by atoms with van der Waals surface area (Å²) in [6.07, 6.45) is 0. The number of likely N-dealkylation sites (N-methyl/N-ethyl adjacent to an activating group) is 1. The lowest BCUT2D eigenvalue weighted by molar-refractivity contribution is -0.534. The van der Waals surface area contributed by atoms with E-state index < -0.39 is 17.5 Å². The Kier molecular flexibility index (Phi) is 4.77. The number of rotatable bonds is 5. The summed E-state index contributed by atoms with van der Waals surface area (Å²) in [4.78, 5) is 27.0. The Morgan fingerprint density at radius 2 is 1.77 bits per heavy atom. The summed E-state index contributed by atoms with van der Waals surface area (Å²) in [6, 6.07) is 9.36. The molecule has 2 aromatic carbocycles. The summed E-state index contributed by atoms with van der Waals surface area (Å²) >= 11 is 0. The number of ether oxygens (including phenoxy) is 3. The number of hydrogen-bond acceptors (Lipinski definition) is 7. The quantitative estimate of drug-likeness (QED) is 0.592. The second-order valence-corrected chi connectivity index (χ2v) is 7.44. The second kappa shape index (κ2) is 7.17. The van der Waals surface area contributed by atoms with Gasteiger partial charge in [0.1, 0.15) is 0 Å². The van der Waals surface area contributed by atoms with E-state index in [1.165, 1.54) is 21.3 Å². The Labute approximate surface area is 173 Å². The first-order valence-corrected chi connectivity index (χ1v) is 9.45. The smallest absolute Gasteiger partial charge is 0.256 e. The standard InChI is InChI=1S/C21H23N3O6/c1-23-11-13(12-9-16(28-2)18(30-4)17(10-12)29-3)19(24(26)27)21(23)14-7-5-6-8-15(14)22-20(21)25/h5-10,13,19H,11H2,1-4H3,(H,22,25)/t13-,19+,21-/m0/s1. The minimum absolute atomic E-state index is 0.312. The van der Waals surface area contributed by atoms with Crippen LogP contribution in [0.4, 0.5) is 5.69 Å². The van der Waals surface area contributed by atoms with Crippen molar-refractivity contribution in [2.45, 2.75) is 17.5 Å². The van der Waals surface area contributed by atoms with Crippen LogP contribution < -0.4 is 19.5 Å². The van der Waals surface area contributed by atoms with Crippen LogP contribution in [0.5, 0.6) is 17.2 Å².